The van der Waals surface area contributed by atoms with E-state index in [4.69, 9.17) is 16.3 Å². The summed E-state index contributed by atoms with van der Waals surface area (Å²) in [7, 11) is 0. The summed E-state index contributed by atoms with van der Waals surface area (Å²) in [6, 6.07) is 8.97. The normalized spacial score (nSPS) is 25.2. The number of hydrogen-bond donors (Lipinski definition) is 0. The van der Waals surface area contributed by atoms with E-state index >= 15 is 0 Å². The fourth-order valence-corrected chi connectivity index (χ4v) is 5.44. The number of halogens is 1. The predicted octanol–water partition coefficient (Wildman–Crippen LogP) is 3.16. The Morgan fingerprint density at radius 2 is 1.77 bits per heavy atom. The van der Waals surface area contributed by atoms with Crippen LogP contribution in [0.1, 0.15) is 56.0 Å². The third kappa shape index (κ3) is 4.40. The van der Waals surface area contributed by atoms with Crippen molar-refractivity contribution in [3.63, 3.8) is 0 Å². The van der Waals surface area contributed by atoms with Gasteiger partial charge < -0.3 is 4.74 Å². The SMILES string of the molecule is Clc1ccc([C@@H](c2nnnn2C[C@@H]2CCCO2)N2CCN(C3CCCC3)CC2)cc1. The Morgan fingerprint density at radius 3 is 2.47 bits per heavy atom. The first-order valence-corrected chi connectivity index (χ1v) is 11.8. The van der Waals surface area contributed by atoms with Crippen molar-refractivity contribution in [1.29, 1.82) is 0 Å². The second-order valence-electron chi connectivity index (χ2n) is 8.82. The third-order valence-corrected chi connectivity index (χ3v) is 7.20. The molecule has 2 saturated heterocycles. The molecule has 7 nitrogen and oxygen atoms in total. The fourth-order valence-electron chi connectivity index (χ4n) is 5.32. The zero-order valence-corrected chi connectivity index (χ0v) is 18.3. The number of aromatic nitrogens is 4. The Hall–Kier alpha value is -1.54. The van der Waals surface area contributed by atoms with Gasteiger partial charge in [0.15, 0.2) is 5.82 Å². The molecule has 1 aliphatic carbocycles. The molecule has 8 heteroatoms. The zero-order valence-electron chi connectivity index (χ0n) is 17.5. The van der Waals surface area contributed by atoms with Gasteiger partial charge in [-0.2, -0.15) is 0 Å². The molecule has 0 N–H and O–H groups in total. The van der Waals surface area contributed by atoms with E-state index in [9.17, 15) is 0 Å². The van der Waals surface area contributed by atoms with Crippen molar-refractivity contribution in [2.24, 2.45) is 0 Å². The van der Waals surface area contributed by atoms with E-state index in [0.29, 0.717) is 6.54 Å². The van der Waals surface area contributed by atoms with Gasteiger partial charge in [0.1, 0.15) is 0 Å². The van der Waals surface area contributed by atoms with Gasteiger partial charge in [-0.25, -0.2) is 4.68 Å². The molecule has 30 heavy (non-hydrogen) atoms. The van der Waals surface area contributed by atoms with Gasteiger partial charge in [0, 0.05) is 43.9 Å². The smallest absolute Gasteiger partial charge is 0.173 e. The van der Waals surface area contributed by atoms with Gasteiger partial charge in [0.2, 0.25) is 0 Å². The van der Waals surface area contributed by atoms with Crippen LogP contribution in [0.2, 0.25) is 5.02 Å². The molecule has 0 radical (unpaired) electrons. The minimum Gasteiger partial charge on any atom is -0.376 e. The summed E-state index contributed by atoms with van der Waals surface area (Å²) in [6.07, 6.45) is 7.89. The maximum absolute atomic E-state index is 6.18. The van der Waals surface area contributed by atoms with E-state index in [2.05, 4.69) is 37.5 Å². The maximum Gasteiger partial charge on any atom is 0.173 e. The summed E-state index contributed by atoms with van der Waals surface area (Å²) in [6.45, 7) is 5.83. The van der Waals surface area contributed by atoms with Crippen molar-refractivity contribution in [3.05, 3.63) is 40.7 Å². The van der Waals surface area contributed by atoms with E-state index in [-0.39, 0.29) is 12.1 Å². The van der Waals surface area contributed by atoms with Crippen LogP contribution in [-0.4, -0.2) is 74.9 Å². The minimum absolute atomic E-state index is 0.0318. The second-order valence-corrected chi connectivity index (χ2v) is 9.25. The highest BCUT2D eigenvalue weighted by Crippen LogP contribution is 2.31. The first-order chi connectivity index (χ1) is 14.8. The predicted molar refractivity (Wildman–Crippen MR) is 115 cm³/mol. The summed E-state index contributed by atoms with van der Waals surface area (Å²) in [5, 5.41) is 13.6. The molecule has 2 atom stereocenters. The Labute approximate surface area is 183 Å². The molecule has 1 aromatic heterocycles. The molecular weight excluding hydrogens is 400 g/mol. The zero-order chi connectivity index (χ0) is 20.3. The van der Waals surface area contributed by atoms with Gasteiger partial charge in [-0.05, 0) is 53.8 Å². The summed E-state index contributed by atoms with van der Waals surface area (Å²) < 4.78 is 7.80. The number of nitrogens with zero attached hydrogens (tertiary/aromatic N) is 6. The average molecular weight is 431 g/mol. The fraction of sp³-hybridized carbons (Fsp3) is 0.682. The lowest BCUT2D eigenvalue weighted by molar-refractivity contribution is 0.0720. The quantitative estimate of drug-likeness (QED) is 0.701. The lowest BCUT2D eigenvalue weighted by Gasteiger charge is -2.41. The maximum atomic E-state index is 6.18. The van der Waals surface area contributed by atoms with Crippen LogP contribution in [0.4, 0.5) is 0 Å². The lowest BCUT2D eigenvalue weighted by Crippen LogP contribution is -2.51. The monoisotopic (exact) mass is 430 g/mol. The van der Waals surface area contributed by atoms with E-state index < -0.39 is 0 Å². The standard InChI is InChI=1S/C22H31ClN6O/c23-18-9-7-17(8-10-18)21(22-24-25-26-29(22)16-20-6-3-15-30-20)28-13-11-27(12-14-28)19-4-1-2-5-19/h7-10,19-21H,1-6,11-16H2/t20-,21-/m0/s1. The van der Waals surface area contributed by atoms with E-state index in [1.165, 1.54) is 31.2 Å². The van der Waals surface area contributed by atoms with Crippen LogP contribution in [0, 0.1) is 0 Å². The number of tetrazole rings is 1. The summed E-state index contributed by atoms with van der Waals surface area (Å²) >= 11 is 6.18. The number of ether oxygens (including phenoxy) is 1. The number of hydrogen-bond acceptors (Lipinski definition) is 6. The number of rotatable bonds is 6. The Balaban J connectivity index is 1.38. The molecular formula is C22H31ClN6O. The summed E-state index contributed by atoms with van der Waals surface area (Å²) in [4.78, 5) is 5.23. The number of piperazine rings is 1. The van der Waals surface area contributed by atoms with Crippen LogP contribution in [-0.2, 0) is 11.3 Å². The molecule has 162 valence electrons. The van der Waals surface area contributed by atoms with Gasteiger partial charge in [-0.3, -0.25) is 9.80 Å². The summed E-state index contributed by atoms with van der Waals surface area (Å²) in [5.74, 6) is 0.905. The van der Waals surface area contributed by atoms with Crippen LogP contribution in [0.5, 0.6) is 0 Å². The van der Waals surface area contributed by atoms with Crippen LogP contribution in [0.3, 0.4) is 0 Å². The van der Waals surface area contributed by atoms with Gasteiger partial charge in [-0.1, -0.05) is 36.6 Å². The summed E-state index contributed by atoms with van der Waals surface area (Å²) in [5.41, 5.74) is 1.19. The van der Waals surface area contributed by atoms with Crippen molar-refractivity contribution >= 4 is 11.6 Å². The minimum atomic E-state index is 0.0318. The molecule has 3 aliphatic rings. The van der Waals surface area contributed by atoms with Crippen molar-refractivity contribution in [1.82, 2.24) is 30.0 Å². The molecule has 3 heterocycles. The molecule has 2 aliphatic heterocycles. The van der Waals surface area contributed by atoms with E-state index in [0.717, 1.165) is 62.5 Å². The van der Waals surface area contributed by atoms with Crippen LogP contribution < -0.4 is 0 Å². The molecule has 1 aromatic carbocycles. The van der Waals surface area contributed by atoms with E-state index in [1.54, 1.807) is 0 Å². The van der Waals surface area contributed by atoms with Crippen molar-refractivity contribution < 1.29 is 4.74 Å². The average Bonchev–Trinajstić information content (AvgIpc) is 3.54. The second kappa shape index (κ2) is 9.30. The molecule has 0 amide bonds. The molecule has 5 rings (SSSR count). The Kier molecular flexibility index (Phi) is 6.32. The van der Waals surface area contributed by atoms with Crippen molar-refractivity contribution in [2.75, 3.05) is 32.8 Å². The molecule has 0 bridgehead atoms. The molecule has 3 fully saturated rings. The molecule has 0 unspecified atom stereocenters. The third-order valence-electron chi connectivity index (χ3n) is 6.95. The highest BCUT2D eigenvalue weighted by molar-refractivity contribution is 6.30. The molecule has 1 saturated carbocycles. The Bertz CT molecular complexity index is 807. The van der Waals surface area contributed by atoms with Crippen LogP contribution >= 0.6 is 11.6 Å². The van der Waals surface area contributed by atoms with Crippen LogP contribution in [0.25, 0.3) is 0 Å². The highest BCUT2D eigenvalue weighted by Gasteiger charge is 2.33. The Morgan fingerprint density at radius 1 is 1.00 bits per heavy atom. The van der Waals surface area contributed by atoms with Gasteiger partial charge in [-0.15, -0.1) is 5.10 Å². The topological polar surface area (TPSA) is 59.3 Å². The molecule has 2 aromatic rings. The number of benzene rings is 1. The van der Waals surface area contributed by atoms with Gasteiger partial charge in [0.25, 0.3) is 0 Å². The first kappa shape index (κ1) is 20.4. The van der Waals surface area contributed by atoms with Crippen molar-refractivity contribution in [3.8, 4) is 0 Å². The van der Waals surface area contributed by atoms with Gasteiger partial charge in [0.05, 0.1) is 18.7 Å². The first-order valence-electron chi connectivity index (χ1n) is 11.4. The highest BCUT2D eigenvalue weighted by atomic mass is 35.5. The van der Waals surface area contributed by atoms with Crippen LogP contribution in [0.15, 0.2) is 24.3 Å². The lowest BCUT2D eigenvalue weighted by atomic mass is 10.0. The van der Waals surface area contributed by atoms with Crippen molar-refractivity contribution in [2.45, 2.75) is 63.3 Å². The van der Waals surface area contributed by atoms with Gasteiger partial charge >= 0.3 is 0 Å². The molecule has 0 spiro atoms. The van der Waals surface area contributed by atoms with E-state index in [1.807, 2.05) is 16.8 Å². The largest absolute Gasteiger partial charge is 0.376 e.